The van der Waals surface area contributed by atoms with Gasteiger partial charge in [-0.25, -0.2) is 0 Å². The fraction of sp³-hybridized carbons (Fsp3) is 0.455. The van der Waals surface area contributed by atoms with Crippen LogP contribution in [0.1, 0.15) is 77.0 Å². The number of benzene rings is 2. The van der Waals surface area contributed by atoms with E-state index in [2.05, 4.69) is 90.9 Å². The first-order valence-corrected chi connectivity index (χ1v) is 8.45. The standard InChI is InChI=1S/C22H30/c1-15(2)19-13-18(17-11-9-8-10-12-17)14-20(16(3)4)21(19)22(5,6)7/h8-16H,1-7H3. The maximum absolute atomic E-state index is 2.41. The van der Waals surface area contributed by atoms with Gasteiger partial charge in [0.25, 0.3) is 0 Å². The maximum atomic E-state index is 2.41. The van der Waals surface area contributed by atoms with Crippen LogP contribution in [0.4, 0.5) is 0 Å². The molecule has 0 spiro atoms. The highest BCUT2D eigenvalue weighted by Gasteiger charge is 2.25. The summed E-state index contributed by atoms with van der Waals surface area (Å²) >= 11 is 0. The second-order valence-electron chi connectivity index (χ2n) is 7.96. The van der Waals surface area contributed by atoms with E-state index in [9.17, 15) is 0 Å². The molecule has 118 valence electrons. The molecule has 0 heteroatoms. The Morgan fingerprint density at radius 3 is 1.50 bits per heavy atom. The Morgan fingerprint density at radius 1 is 0.682 bits per heavy atom. The summed E-state index contributed by atoms with van der Waals surface area (Å²) in [5, 5.41) is 0. The molecule has 0 atom stereocenters. The molecule has 0 bridgehead atoms. The van der Waals surface area contributed by atoms with E-state index in [0.717, 1.165) is 0 Å². The van der Waals surface area contributed by atoms with Gasteiger partial charge >= 0.3 is 0 Å². The molecule has 2 rings (SSSR count). The van der Waals surface area contributed by atoms with Crippen LogP contribution in [0, 0.1) is 0 Å². The SMILES string of the molecule is CC(C)c1cc(-c2ccccc2)cc(C(C)C)c1C(C)(C)C. The molecular weight excluding hydrogens is 264 g/mol. The molecular formula is C22H30. The summed E-state index contributed by atoms with van der Waals surface area (Å²) in [4.78, 5) is 0. The van der Waals surface area contributed by atoms with Crippen molar-refractivity contribution in [1.82, 2.24) is 0 Å². The van der Waals surface area contributed by atoms with Crippen molar-refractivity contribution >= 4 is 0 Å². The highest BCUT2D eigenvalue weighted by molar-refractivity contribution is 5.67. The Hall–Kier alpha value is -1.56. The van der Waals surface area contributed by atoms with E-state index >= 15 is 0 Å². The molecule has 0 aliphatic carbocycles. The van der Waals surface area contributed by atoms with Crippen LogP contribution in [-0.4, -0.2) is 0 Å². The first kappa shape index (κ1) is 16.8. The van der Waals surface area contributed by atoms with Gasteiger partial charge in [-0.1, -0.05) is 90.9 Å². The third-order valence-electron chi connectivity index (χ3n) is 4.30. The summed E-state index contributed by atoms with van der Waals surface area (Å²) in [6.07, 6.45) is 0. The summed E-state index contributed by atoms with van der Waals surface area (Å²) in [6, 6.07) is 15.6. The summed E-state index contributed by atoms with van der Waals surface area (Å²) in [7, 11) is 0. The van der Waals surface area contributed by atoms with Crippen molar-refractivity contribution in [3.05, 3.63) is 59.2 Å². The fourth-order valence-electron chi connectivity index (χ4n) is 3.26. The number of hydrogen-bond acceptors (Lipinski definition) is 0. The summed E-state index contributed by atoms with van der Waals surface area (Å²) in [6.45, 7) is 16.2. The minimum absolute atomic E-state index is 0.175. The van der Waals surface area contributed by atoms with Crippen LogP contribution in [0.25, 0.3) is 11.1 Å². The van der Waals surface area contributed by atoms with Gasteiger partial charge in [-0.05, 0) is 45.1 Å². The van der Waals surface area contributed by atoms with E-state index < -0.39 is 0 Å². The van der Waals surface area contributed by atoms with Crippen molar-refractivity contribution < 1.29 is 0 Å². The van der Waals surface area contributed by atoms with E-state index in [4.69, 9.17) is 0 Å². The largest absolute Gasteiger partial charge is 0.0622 e. The predicted molar refractivity (Wildman–Crippen MR) is 98.8 cm³/mol. The van der Waals surface area contributed by atoms with Gasteiger partial charge in [0.1, 0.15) is 0 Å². The Kier molecular flexibility index (Phi) is 4.80. The number of hydrogen-bond donors (Lipinski definition) is 0. The lowest BCUT2D eigenvalue weighted by Gasteiger charge is -2.30. The lowest BCUT2D eigenvalue weighted by atomic mass is 9.74. The van der Waals surface area contributed by atoms with Gasteiger partial charge in [-0.2, -0.15) is 0 Å². The molecule has 0 radical (unpaired) electrons. The van der Waals surface area contributed by atoms with Crippen LogP contribution < -0.4 is 0 Å². The highest BCUT2D eigenvalue weighted by Crippen LogP contribution is 2.39. The normalized spacial score (nSPS) is 12.2. The van der Waals surface area contributed by atoms with Gasteiger partial charge in [0.15, 0.2) is 0 Å². The van der Waals surface area contributed by atoms with Gasteiger partial charge in [0, 0.05) is 0 Å². The first-order chi connectivity index (χ1) is 10.2. The lowest BCUT2D eigenvalue weighted by Crippen LogP contribution is -2.19. The van der Waals surface area contributed by atoms with Crippen LogP contribution in [0.15, 0.2) is 42.5 Å². The molecule has 0 saturated heterocycles. The van der Waals surface area contributed by atoms with Crippen molar-refractivity contribution in [2.75, 3.05) is 0 Å². The van der Waals surface area contributed by atoms with Crippen molar-refractivity contribution in [3.8, 4) is 11.1 Å². The van der Waals surface area contributed by atoms with Gasteiger partial charge in [-0.3, -0.25) is 0 Å². The number of rotatable bonds is 3. The molecule has 0 fully saturated rings. The molecule has 0 unspecified atom stereocenters. The maximum Gasteiger partial charge on any atom is -0.0126 e. The fourth-order valence-corrected chi connectivity index (χ4v) is 3.26. The molecule has 0 amide bonds. The molecule has 0 saturated carbocycles. The second kappa shape index (κ2) is 6.28. The van der Waals surface area contributed by atoms with E-state index in [1.54, 1.807) is 0 Å². The zero-order valence-corrected chi connectivity index (χ0v) is 15.2. The van der Waals surface area contributed by atoms with Crippen molar-refractivity contribution in [2.24, 2.45) is 0 Å². The molecule has 0 N–H and O–H groups in total. The van der Waals surface area contributed by atoms with E-state index in [1.165, 1.54) is 27.8 Å². The summed E-state index contributed by atoms with van der Waals surface area (Å²) in [5.41, 5.74) is 7.37. The van der Waals surface area contributed by atoms with Crippen LogP contribution >= 0.6 is 0 Å². The average molecular weight is 294 g/mol. The summed E-state index contributed by atoms with van der Waals surface area (Å²) in [5.74, 6) is 1.07. The molecule has 2 aromatic carbocycles. The lowest BCUT2D eigenvalue weighted by molar-refractivity contribution is 0.564. The Balaban J connectivity index is 2.77. The molecule has 2 aromatic rings. The van der Waals surface area contributed by atoms with Gasteiger partial charge < -0.3 is 0 Å². The first-order valence-electron chi connectivity index (χ1n) is 8.45. The Morgan fingerprint density at radius 2 is 1.14 bits per heavy atom. The van der Waals surface area contributed by atoms with Crippen LogP contribution in [0.2, 0.25) is 0 Å². The third-order valence-corrected chi connectivity index (χ3v) is 4.30. The molecule has 0 heterocycles. The summed E-state index contributed by atoms with van der Waals surface area (Å²) < 4.78 is 0. The average Bonchev–Trinajstić information content (AvgIpc) is 2.45. The van der Waals surface area contributed by atoms with Gasteiger partial charge in [-0.15, -0.1) is 0 Å². The van der Waals surface area contributed by atoms with E-state index in [0.29, 0.717) is 11.8 Å². The second-order valence-corrected chi connectivity index (χ2v) is 7.96. The Labute approximate surface area is 136 Å². The molecule has 0 aliphatic heterocycles. The molecule has 0 aliphatic rings. The Bertz CT molecular complexity index is 596. The minimum atomic E-state index is 0.175. The van der Waals surface area contributed by atoms with Crippen molar-refractivity contribution in [3.63, 3.8) is 0 Å². The van der Waals surface area contributed by atoms with E-state index in [-0.39, 0.29) is 5.41 Å². The van der Waals surface area contributed by atoms with Gasteiger partial charge in [0.2, 0.25) is 0 Å². The highest BCUT2D eigenvalue weighted by atomic mass is 14.3. The predicted octanol–water partition coefficient (Wildman–Crippen LogP) is 6.90. The minimum Gasteiger partial charge on any atom is -0.0622 e. The smallest absolute Gasteiger partial charge is 0.0126 e. The van der Waals surface area contributed by atoms with Crippen LogP contribution in [0.3, 0.4) is 0 Å². The quantitative estimate of drug-likeness (QED) is 0.577. The van der Waals surface area contributed by atoms with Crippen molar-refractivity contribution in [2.45, 2.75) is 65.7 Å². The van der Waals surface area contributed by atoms with Gasteiger partial charge in [0.05, 0.1) is 0 Å². The topological polar surface area (TPSA) is 0 Å². The zero-order valence-electron chi connectivity index (χ0n) is 15.2. The molecule has 0 aromatic heterocycles. The van der Waals surface area contributed by atoms with Crippen molar-refractivity contribution in [1.29, 1.82) is 0 Å². The van der Waals surface area contributed by atoms with Crippen LogP contribution in [0.5, 0.6) is 0 Å². The van der Waals surface area contributed by atoms with E-state index in [1.807, 2.05) is 0 Å². The zero-order chi connectivity index (χ0) is 16.5. The third kappa shape index (κ3) is 3.43. The monoisotopic (exact) mass is 294 g/mol. The molecule has 22 heavy (non-hydrogen) atoms. The van der Waals surface area contributed by atoms with Crippen LogP contribution in [-0.2, 0) is 5.41 Å². The molecule has 0 nitrogen and oxygen atoms in total.